The zero-order chi connectivity index (χ0) is 28.6. The van der Waals surface area contributed by atoms with Crippen LogP contribution in [0, 0.1) is 6.92 Å². The molecule has 0 saturated heterocycles. The molecule has 1 aliphatic carbocycles. The van der Waals surface area contributed by atoms with E-state index >= 15 is 0 Å². The maximum Gasteiger partial charge on any atom is 0.248 e. The summed E-state index contributed by atoms with van der Waals surface area (Å²) in [6, 6.07) is 10.9. The van der Waals surface area contributed by atoms with E-state index in [1.807, 2.05) is 0 Å². The van der Waals surface area contributed by atoms with E-state index in [0.717, 1.165) is 43.9 Å². The number of nitrogens with one attached hydrogen (secondary N) is 2. The van der Waals surface area contributed by atoms with Gasteiger partial charge in [-0.05, 0) is 61.7 Å². The molecular weight excluding hydrogens is 556 g/mol. The van der Waals surface area contributed by atoms with E-state index in [-0.39, 0.29) is 35.0 Å². The van der Waals surface area contributed by atoms with Crippen molar-refractivity contribution in [2.24, 2.45) is 0 Å². The van der Waals surface area contributed by atoms with Crippen LogP contribution < -0.4 is 15.5 Å². The van der Waals surface area contributed by atoms with E-state index < -0.39 is 23.6 Å². The normalized spacial score (nSPS) is 14.3. The number of carbonyl (C=O) groups is 3. The Hall–Kier alpha value is -3.70. The van der Waals surface area contributed by atoms with E-state index in [4.69, 9.17) is 16.1 Å². The first-order valence-corrected chi connectivity index (χ1v) is 14.5. The number of nitrogens with zero attached hydrogens (tertiary/aromatic N) is 2. The Kier molecular flexibility index (Phi) is 9.94. The van der Waals surface area contributed by atoms with Gasteiger partial charge in [0.2, 0.25) is 17.7 Å². The van der Waals surface area contributed by atoms with Crippen molar-refractivity contribution in [3.63, 3.8) is 0 Å². The minimum atomic E-state index is -1.16. The lowest BCUT2D eigenvalue weighted by Gasteiger charge is -2.33. The van der Waals surface area contributed by atoms with Crippen molar-refractivity contribution in [1.29, 1.82) is 0 Å². The Morgan fingerprint density at radius 2 is 1.77 bits per heavy atom. The summed E-state index contributed by atoms with van der Waals surface area (Å²) < 4.78 is 4.94. The molecule has 1 saturated carbocycles. The fraction of sp³-hybridized carbons (Fsp3) is 0.357. The molecule has 1 aliphatic rings. The molecule has 1 fully saturated rings. The molecule has 40 heavy (non-hydrogen) atoms. The molecule has 4 rings (SSSR count). The number of thioether (sulfide) groups is 1. The maximum absolute atomic E-state index is 13.8. The van der Waals surface area contributed by atoms with Crippen LogP contribution in [0.15, 0.2) is 53.1 Å². The molecule has 212 valence electrons. The predicted octanol–water partition coefficient (Wildman–Crippen LogP) is 4.94. The molecule has 0 radical (unpaired) electrons. The highest BCUT2D eigenvalue weighted by molar-refractivity contribution is 8.00. The van der Waals surface area contributed by atoms with Gasteiger partial charge in [0.05, 0.1) is 11.5 Å². The van der Waals surface area contributed by atoms with Crippen LogP contribution in [0.5, 0.6) is 11.5 Å². The SMILES string of the molecule is Cc1cc(NC(=O)CSCC(=O)N(c2ccc(Cl)cc2)C(C(=O)NC2CCCCC2)c2ccc(O)c(O)c2)no1. The lowest BCUT2D eigenvalue weighted by Crippen LogP contribution is -2.48. The quantitative estimate of drug-likeness (QED) is 0.244. The standard InChI is InChI=1S/C28H31ClN4O6S/c1-17-13-24(32-39-17)31-25(36)15-40-16-26(37)33(21-10-8-19(29)9-11-21)27(18-7-12-22(34)23(35)14-18)28(38)30-20-5-3-2-4-6-20/h7-14,20,27,34-35H,2-6,15-16H2,1H3,(H,30,38)(H,31,32,36). The Bertz CT molecular complexity index is 1340. The molecule has 1 unspecified atom stereocenters. The summed E-state index contributed by atoms with van der Waals surface area (Å²) in [5.41, 5.74) is 0.727. The third-order valence-electron chi connectivity index (χ3n) is 6.50. The fourth-order valence-corrected chi connectivity index (χ4v) is 5.40. The molecule has 3 amide bonds. The van der Waals surface area contributed by atoms with Crippen LogP contribution in [0.1, 0.15) is 49.5 Å². The highest BCUT2D eigenvalue weighted by Gasteiger charge is 2.34. The number of benzene rings is 2. The van der Waals surface area contributed by atoms with Crippen LogP contribution in [-0.2, 0) is 14.4 Å². The molecule has 0 bridgehead atoms. The number of aromatic hydroxyl groups is 2. The number of aromatic nitrogens is 1. The number of rotatable bonds is 10. The van der Waals surface area contributed by atoms with Gasteiger partial charge in [0.1, 0.15) is 11.8 Å². The summed E-state index contributed by atoms with van der Waals surface area (Å²) in [6.07, 6.45) is 4.79. The number of phenolic OH excluding ortho intramolecular Hbond substituents is 2. The molecule has 4 N–H and O–H groups in total. The van der Waals surface area contributed by atoms with Gasteiger partial charge in [0.15, 0.2) is 17.3 Å². The van der Waals surface area contributed by atoms with E-state index in [1.54, 1.807) is 37.3 Å². The van der Waals surface area contributed by atoms with Crippen LogP contribution in [0.4, 0.5) is 11.5 Å². The van der Waals surface area contributed by atoms with Crippen molar-refractivity contribution in [3.05, 3.63) is 64.9 Å². The Morgan fingerprint density at radius 1 is 1.05 bits per heavy atom. The van der Waals surface area contributed by atoms with Crippen LogP contribution >= 0.6 is 23.4 Å². The molecule has 1 heterocycles. The van der Waals surface area contributed by atoms with Gasteiger partial charge in [-0.25, -0.2) is 0 Å². The maximum atomic E-state index is 13.8. The summed E-state index contributed by atoms with van der Waals surface area (Å²) >= 11 is 7.18. The van der Waals surface area contributed by atoms with Crippen LogP contribution in [0.25, 0.3) is 0 Å². The van der Waals surface area contributed by atoms with Crippen LogP contribution in [-0.4, -0.2) is 50.6 Å². The molecule has 0 spiro atoms. The molecule has 1 atom stereocenters. The van der Waals surface area contributed by atoms with Gasteiger partial charge in [-0.3, -0.25) is 19.3 Å². The highest BCUT2D eigenvalue weighted by Crippen LogP contribution is 2.34. The monoisotopic (exact) mass is 586 g/mol. The second-order valence-electron chi connectivity index (χ2n) is 9.60. The van der Waals surface area contributed by atoms with E-state index in [1.165, 1.54) is 23.1 Å². The second-order valence-corrected chi connectivity index (χ2v) is 11.0. The summed E-state index contributed by atoms with van der Waals surface area (Å²) in [5.74, 6) is -1.29. The average molecular weight is 587 g/mol. The number of carbonyl (C=O) groups excluding carboxylic acids is 3. The Labute approximate surface area is 241 Å². The molecule has 0 aliphatic heterocycles. The lowest BCUT2D eigenvalue weighted by molar-refractivity contribution is -0.126. The number of hydrogen-bond donors (Lipinski definition) is 4. The number of halogens is 1. The summed E-state index contributed by atoms with van der Waals surface area (Å²) in [4.78, 5) is 41.3. The molecule has 12 heteroatoms. The number of aryl methyl sites for hydroxylation is 1. The van der Waals surface area contributed by atoms with Crippen molar-refractivity contribution in [2.75, 3.05) is 21.7 Å². The molecule has 1 aromatic heterocycles. The van der Waals surface area contributed by atoms with Gasteiger partial charge in [0.25, 0.3) is 0 Å². The summed E-state index contributed by atoms with van der Waals surface area (Å²) in [5, 5.41) is 30.0. The van der Waals surface area contributed by atoms with Gasteiger partial charge in [-0.15, -0.1) is 11.8 Å². The van der Waals surface area contributed by atoms with Gasteiger partial charge >= 0.3 is 0 Å². The van der Waals surface area contributed by atoms with E-state index in [9.17, 15) is 24.6 Å². The third kappa shape index (κ3) is 7.70. The average Bonchev–Trinajstić information content (AvgIpc) is 3.34. The summed E-state index contributed by atoms with van der Waals surface area (Å²) in [7, 11) is 0. The minimum Gasteiger partial charge on any atom is -0.504 e. The lowest BCUT2D eigenvalue weighted by atomic mass is 9.94. The minimum absolute atomic E-state index is 0.0325. The zero-order valence-electron chi connectivity index (χ0n) is 21.9. The highest BCUT2D eigenvalue weighted by atomic mass is 35.5. The topological polar surface area (TPSA) is 145 Å². The first-order chi connectivity index (χ1) is 19.2. The molecule has 3 aromatic rings. The van der Waals surface area contributed by atoms with Gasteiger partial charge in [-0.1, -0.05) is 42.1 Å². The smallest absolute Gasteiger partial charge is 0.248 e. The van der Waals surface area contributed by atoms with Crippen molar-refractivity contribution >= 4 is 52.6 Å². The van der Waals surface area contributed by atoms with Crippen LogP contribution in [0.2, 0.25) is 5.02 Å². The molecule has 10 nitrogen and oxygen atoms in total. The first-order valence-electron chi connectivity index (χ1n) is 12.9. The number of hydrogen-bond acceptors (Lipinski definition) is 8. The van der Waals surface area contributed by atoms with Crippen LogP contribution in [0.3, 0.4) is 0 Å². The number of amides is 3. The first kappa shape index (κ1) is 29.3. The van der Waals surface area contributed by atoms with Crippen molar-refractivity contribution in [3.8, 4) is 11.5 Å². The van der Waals surface area contributed by atoms with Crippen molar-refractivity contribution in [2.45, 2.75) is 51.1 Å². The number of phenols is 2. The van der Waals surface area contributed by atoms with Crippen molar-refractivity contribution in [1.82, 2.24) is 10.5 Å². The third-order valence-corrected chi connectivity index (χ3v) is 7.67. The second kappa shape index (κ2) is 13.6. The largest absolute Gasteiger partial charge is 0.504 e. The van der Waals surface area contributed by atoms with Gasteiger partial charge < -0.3 is 25.4 Å². The molecular formula is C28H31ClN4O6S. The van der Waals surface area contributed by atoms with Crippen molar-refractivity contribution < 1.29 is 29.1 Å². The molecule has 2 aromatic carbocycles. The Balaban J connectivity index is 1.59. The fourth-order valence-electron chi connectivity index (χ4n) is 4.60. The van der Waals surface area contributed by atoms with Gasteiger partial charge in [0, 0.05) is 22.8 Å². The zero-order valence-corrected chi connectivity index (χ0v) is 23.5. The predicted molar refractivity (Wildman–Crippen MR) is 154 cm³/mol. The van der Waals surface area contributed by atoms with Gasteiger partial charge in [-0.2, -0.15) is 0 Å². The summed E-state index contributed by atoms with van der Waals surface area (Å²) in [6.45, 7) is 1.70. The van der Waals surface area contributed by atoms with E-state index in [0.29, 0.717) is 22.0 Å². The number of anilines is 2. The Morgan fingerprint density at radius 3 is 2.42 bits per heavy atom. The van der Waals surface area contributed by atoms with E-state index in [2.05, 4.69) is 15.8 Å².